The van der Waals surface area contributed by atoms with Crippen molar-refractivity contribution in [2.75, 3.05) is 0 Å². The first-order valence-electron chi connectivity index (χ1n) is 5.74. The third-order valence-corrected chi connectivity index (χ3v) is 2.95. The molecule has 0 aromatic heterocycles. The molecule has 0 radical (unpaired) electrons. The van der Waals surface area contributed by atoms with E-state index in [0.29, 0.717) is 0 Å². The molecular formula is C11H20B4. The minimum Gasteiger partial charge on any atom is -0.0699 e. The van der Waals surface area contributed by atoms with Crippen molar-refractivity contribution in [1.82, 2.24) is 0 Å². The van der Waals surface area contributed by atoms with Crippen LogP contribution in [0.3, 0.4) is 0 Å². The molecule has 0 amide bonds. The zero-order chi connectivity index (χ0) is 11.9. The average molecular weight is 196 g/mol. The molecule has 76 valence electrons. The van der Waals surface area contributed by atoms with Crippen molar-refractivity contribution >= 4 is 31.4 Å². The van der Waals surface area contributed by atoms with Gasteiger partial charge in [0.1, 0.15) is 31.4 Å². The van der Waals surface area contributed by atoms with E-state index in [4.69, 9.17) is 0 Å². The predicted molar refractivity (Wildman–Crippen MR) is 80.1 cm³/mol. The Balaban J connectivity index is 3.37. The van der Waals surface area contributed by atoms with Gasteiger partial charge < -0.3 is 0 Å². The van der Waals surface area contributed by atoms with Crippen molar-refractivity contribution in [2.24, 2.45) is 0 Å². The topological polar surface area (TPSA) is 0 Å². The van der Waals surface area contributed by atoms with Crippen molar-refractivity contribution in [3.8, 4) is 0 Å². The summed E-state index contributed by atoms with van der Waals surface area (Å²) in [5, 5.41) is 0.483. The molecule has 0 aliphatic carbocycles. The normalized spacial score (nSPS) is 12.7. The Hall–Kier alpha value is -0.520. The molecule has 0 atom stereocenters. The van der Waals surface area contributed by atoms with Gasteiger partial charge in [-0.3, -0.25) is 0 Å². The fourth-order valence-electron chi connectivity index (χ4n) is 2.26. The highest BCUT2D eigenvalue weighted by Crippen LogP contribution is 2.28. The summed E-state index contributed by atoms with van der Waals surface area (Å²) in [7, 11) is 9.12. The highest BCUT2D eigenvalue weighted by molar-refractivity contribution is 6.41. The Morgan fingerprint density at radius 1 is 0.867 bits per heavy atom. The molecule has 0 spiro atoms. The Kier molecular flexibility index (Phi) is 3.19. The predicted octanol–water partition coefficient (Wildman–Crippen LogP) is -1.13. The van der Waals surface area contributed by atoms with Crippen molar-refractivity contribution in [1.29, 1.82) is 0 Å². The summed E-state index contributed by atoms with van der Waals surface area (Å²) in [5.41, 5.74) is 4.39. The first kappa shape index (κ1) is 12.5. The monoisotopic (exact) mass is 196 g/mol. The smallest absolute Gasteiger partial charge is 0.0699 e. The second-order valence-electron chi connectivity index (χ2n) is 6.48. The first-order chi connectivity index (χ1) is 6.64. The van der Waals surface area contributed by atoms with Gasteiger partial charge in [0, 0.05) is 0 Å². The highest BCUT2D eigenvalue weighted by atomic mass is 14.2. The van der Waals surface area contributed by atoms with Gasteiger partial charge in [0.05, 0.1) is 0 Å². The second-order valence-corrected chi connectivity index (χ2v) is 6.48. The lowest BCUT2D eigenvalue weighted by atomic mass is 9.48. The van der Waals surface area contributed by atoms with E-state index in [2.05, 4.69) is 70.4 Å². The number of benzene rings is 1. The Morgan fingerprint density at radius 3 is 1.47 bits per heavy atom. The van der Waals surface area contributed by atoms with Gasteiger partial charge in [-0.25, -0.2) is 0 Å². The molecule has 0 aliphatic heterocycles. The first-order valence-corrected chi connectivity index (χ1v) is 5.74. The largest absolute Gasteiger partial charge is 0.104 e. The van der Waals surface area contributed by atoms with Gasteiger partial charge in [-0.15, -0.1) is 0 Å². The summed E-state index contributed by atoms with van der Waals surface area (Å²) in [6.45, 7) is 6.81. The molecule has 0 bridgehead atoms. The Labute approximate surface area is 97.9 Å². The molecular weight excluding hydrogens is 175 g/mol. The quantitative estimate of drug-likeness (QED) is 0.524. The molecule has 0 saturated carbocycles. The Morgan fingerprint density at radius 2 is 1.20 bits per heavy atom. The highest BCUT2D eigenvalue weighted by Gasteiger charge is 2.22. The zero-order valence-corrected chi connectivity index (χ0v) is 11.2. The van der Waals surface area contributed by atoms with Crippen LogP contribution in [0.1, 0.15) is 30.5 Å². The van der Waals surface area contributed by atoms with Crippen LogP contribution in [0, 0.1) is 6.92 Å². The van der Waals surface area contributed by atoms with E-state index >= 15 is 0 Å². The number of hydrogen-bond donors (Lipinski definition) is 0. The number of rotatable bonds is 2. The molecule has 0 fully saturated rings. The lowest BCUT2D eigenvalue weighted by molar-refractivity contribution is 0.905. The molecule has 15 heavy (non-hydrogen) atoms. The second kappa shape index (κ2) is 3.81. The summed E-state index contributed by atoms with van der Waals surface area (Å²) in [6, 6.07) is 6.70. The van der Waals surface area contributed by atoms with Gasteiger partial charge in [-0.2, -0.15) is 0 Å². The van der Waals surface area contributed by atoms with Crippen molar-refractivity contribution in [3.63, 3.8) is 0 Å². The molecule has 4 heteroatoms. The van der Waals surface area contributed by atoms with Crippen LogP contribution in [-0.4, -0.2) is 31.4 Å². The molecule has 0 aliphatic rings. The SMILES string of the molecule is BC(B)(C)c1cccc(C(B)(B)C)c1C. The Bertz CT molecular complexity index is 326. The van der Waals surface area contributed by atoms with Gasteiger partial charge in [0.15, 0.2) is 0 Å². The third kappa shape index (κ3) is 2.74. The van der Waals surface area contributed by atoms with Crippen LogP contribution in [0.4, 0.5) is 0 Å². The van der Waals surface area contributed by atoms with E-state index in [1.165, 1.54) is 16.7 Å². The fraction of sp³-hybridized carbons (Fsp3) is 0.455. The van der Waals surface area contributed by atoms with Gasteiger partial charge in [-0.05, 0) is 12.5 Å². The molecule has 0 saturated heterocycles. The van der Waals surface area contributed by atoms with E-state index in [1.54, 1.807) is 0 Å². The molecule has 0 N–H and O–H groups in total. The van der Waals surface area contributed by atoms with E-state index in [-0.39, 0.29) is 10.4 Å². The minimum atomic E-state index is 0.241. The zero-order valence-electron chi connectivity index (χ0n) is 11.2. The third-order valence-electron chi connectivity index (χ3n) is 2.95. The molecule has 1 rings (SSSR count). The molecule has 1 aromatic carbocycles. The van der Waals surface area contributed by atoms with Crippen LogP contribution in [0.2, 0.25) is 0 Å². The average Bonchev–Trinajstić information content (AvgIpc) is 1.99. The summed E-state index contributed by atoms with van der Waals surface area (Å²) in [5.74, 6) is 0. The van der Waals surface area contributed by atoms with Crippen LogP contribution in [-0.2, 0) is 10.4 Å². The summed E-state index contributed by atoms with van der Waals surface area (Å²) < 4.78 is 0. The summed E-state index contributed by atoms with van der Waals surface area (Å²) in [4.78, 5) is 0. The molecule has 1 aromatic rings. The van der Waals surface area contributed by atoms with Gasteiger partial charge in [0.25, 0.3) is 0 Å². The van der Waals surface area contributed by atoms with Crippen molar-refractivity contribution in [2.45, 2.75) is 31.2 Å². The van der Waals surface area contributed by atoms with E-state index in [0.717, 1.165) is 0 Å². The van der Waals surface area contributed by atoms with Crippen LogP contribution >= 0.6 is 0 Å². The standard InChI is InChI=1S/C11H20B4/c1-7-8(10(2,12)13)5-4-6-9(7)11(3,14)15/h4-6H,12-15H2,1-3H3. The number of hydrogen-bond acceptors (Lipinski definition) is 0. The molecule has 0 heterocycles. The maximum atomic E-state index is 2.28. The van der Waals surface area contributed by atoms with Crippen LogP contribution in [0.25, 0.3) is 0 Å². The van der Waals surface area contributed by atoms with E-state index < -0.39 is 0 Å². The van der Waals surface area contributed by atoms with Gasteiger partial charge in [-0.1, -0.05) is 53.6 Å². The fourth-order valence-corrected chi connectivity index (χ4v) is 2.26. The van der Waals surface area contributed by atoms with Crippen molar-refractivity contribution < 1.29 is 0 Å². The summed E-state index contributed by atoms with van der Waals surface area (Å²) in [6.07, 6.45) is 0. The van der Waals surface area contributed by atoms with Crippen LogP contribution < -0.4 is 0 Å². The van der Waals surface area contributed by atoms with Crippen LogP contribution in [0.15, 0.2) is 18.2 Å². The maximum Gasteiger partial charge on any atom is 0.104 e. The minimum absolute atomic E-state index is 0.241. The molecule has 0 nitrogen and oxygen atoms in total. The van der Waals surface area contributed by atoms with Gasteiger partial charge >= 0.3 is 0 Å². The lowest BCUT2D eigenvalue weighted by Gasteiger charge is -2.28. The van der Waals surface area contributed by atoms with Crippen LogP contribution in [0.5, 0.6) is 0 Å². The van der Waals surface area contributed by atoms with E-state index in [9.17, 15) is 0 Å². The van der Waals surface area contributed by atoms with E-state index in [1.807, 2.05) is 0 Å². The lowest BCUT2D eigenvalue weighted by Crippen LogP contribution is -2.28. The van der Waals surface area contributed by atoms with Crippen molar-refractivity contribution in [3.05, 3.63) is 34.9 Å². The molecule has 0 unspecified atom stereocenters. The maximum absolute atomic E-state index is 2.28. The van der Waals surface area contributed by atoms with Gasteiger partial charge in [0.2, 0.25) is 0 Å². The summed E-state index contributed by atoms with van der Waals surface area (Å²) >= 11 is 0.